The second kappa shape index (κ2) is 6.24. The van der Waals surface area contributed by atoms with Crippen LogP contribution in [-0.4, -0.2) is 16.8 Å². The van der Waals surface area contributed by atoms with Crippen LogP contribution in [0.25, 0.3) is 17.4 Å². The van der Waals surface area contributed by atoms with Crippen molar-refractivity contribution in [3.05, 3.63) is 76.4 Å². The molecule has 4 rings (SSSR count). The SMILES string of the molecule is NC(=O)c1cc(-c2ccc(/C=C3\Sc4ccccc4C3=O)o2)ccc1O. The molecule has 2 aromatic carbocycles. The highest BCUT2D eigenvalue weighted by atomic mass is 32.2. The summed E-state index contributed by atoms with van der Waals surface area (Å²) in [6, 6.07) is 15.4. The number of rotatable bonds is 3. The summed E-state index contributed by atoms with van der Waals surface area (Å²) >= 11 is 1.41. The van der Waals surface area contributed by atoms with Gasteiger partial charge in [-0.15, -0.1) is 0 Å². The number of primary amides is 1. The van der Waals surface area contributed by atoms with Crippen LogP contribution < -0.4 is 5.73 Å². The molecule has 1 amide bonds. The van der Waals surface area contributed by atoms with Gasteiger partial charge < -0.3 is 15.3 Å². The summed E-state index contributed by atoms with van der Waals surface area (Å²) in [5.74, 6) is 0.110. The Morgan fingerprint density at radius 3 is 2.69 bits per heavy atom. The largest absolute Gasteiger partial charge is 0.507 e. The van der Waals surface area contributed by atoms with Gasteiger partial charge >= 0.3 is 0 Å². The topological polar surface area (TPSA) is 93.5 Å². The van der Waals surface area contributed by atoms with Crippen LogP contribution in [0.2, 0.25) is 0 Å². The Balaban J connectivity index is 1.65. The first-order valence-corrected chi connectivity index (χ1v) is 8.61. The van der Waals surface area contributed by atoms with Gasteiger partial charge in [0.2, 0.25) is 5.78 Å². The number of thioether (sulfide) groups is 1. The zero-order chi connectivity index (χ0) is 18.3. The van der Waals surface area contributed by atoms with Crippen LogP contribution in [0.1, 0.15) is 26.5 Å². The first-order valence-electron chi connectivity index (χ1n) is 7.79. The highest BCUT2D eigenvalue weighted by molar-refractivity contribution is 8.04. The molecular formula is C20H13NO4S. The van der Waals surface area contributed by atoms with Crippen LogP contribution in [0.3, 0.4) is 0 Å². The molecule has 2 heterocycles. The number of carbonyl (C=O) groups is 2. The lowest BCUT2D eigenvalue weighted by atomic mass is 10.1. The van der Waals surface area contributed by atoms with Gasteiger partial charge in [0.25, 0.3) is 5.91 Å². The quantitative estimate of drug-likeness (QED) is 0.684. The lowest BCUT2D eigenvalue weighted by Gasteiger charge is -2.03. The maximum absolute atomic E-state index is 12.4. The number of amides is 1. The van der Waals surface area contributed by atoms with E-state index in [2.05, 4.69) is 0 Å². The van der Waals surface area contributed by atoms with E-state index in [-0.39, 0.29) is 17.1 Å². The van der Waals surface area contributed by atoms with Gasteiger partial charge in [-0.1, -0.05) is 23.9 Å². The number of benzene rings is 2. The maximum Gasteiger partial charge on any atom is 0.252 e. The number of Topliss-reactive ketones (excluding diaryl/α,β-unsaturated/α-hetero) is 1. The fourth-order valence-electron chi connectivity index (χ4n) is 2.74. The molecule has 0 aliphatic carbocycles. The minimum Gasteiger partial charge on any atom is -0.507 e. The first-order chi connectivity index (χ1) is 12.5. The van der Waals surface area contributed by atoms with Gasteiger partial charge in [0, 0.05) is 16.0 Å². The molecule has 3 aromatic rings. The molecule has 0 fully saturated rings. The normalized spacial score (nSPS) is 14.6. The van der Waals surface area contributed by atoms with Crippen molar-refractivity contribution >= 4 is 29.5 Å². The van der Waals surface area contributed by atoms with E-state index in [9.17, 15) is 14.7 Å². The van der Waals surface area contributed by atoms with Crippen molar-refractivity contribution < 1.29 is 19.1 Å². The summed E-state index contributed by atoms with van der Waals surface area (Å²) < 4.78 is 5.78. The summed E-state index contributed by atoms with van der Waals surface area (Å²) in [5.41, 5.74) is 6.58. The van der Waals surface area contributed by atoms with Crippen molar-refractivity contribution in [3.8, 4) is 17.1 Å². The summed E-state index contributed by atoms with van der Waals surface area (Å²) in [6.07, 6.45) is 1.70. The minimum atomic E-state index is -0.719. The molecule has 0 radical (unpaired) electrons. The highest BCUT2D eigenvalue weighted by Gasteiger charge is 2.25. The van der Waals surface area contributed by atoms with Gasteiger partial charge in [0.05, 0.1) is 10.5 Å². The molecule has 0 unspecified atom stereocenters. The van der Waals surface area contributed by atoms with Crippen molar-refractivity contribution in [3.63, 3.8) is 0 Å². The molecular weight excluding hydrogens is 350 g/mol. The summed E-state index contributed by atoms with van der Waals surface area (Å²) in [6.45, 7) is 0. The summed E-state index contributed by atoms with van der Waals surface area (Å²) in [4.78, 5) is 25.3. The number of aromatic hydroxyl groups is 1. The van der Waals surface area contributed by atoms with Gasteiger partial charge in [-0.25, -0.2) is 0 Å². The Hall–Kier alpha value is -3.25. The number of ketones is 1. The zero-order valence-corrected chi connectivity index (χ0v) is 14.2. The third-order valence-corrected chi connectivity index (χ3v) is 5.12. The van der Waals surface area contributed by atoms with E-state index in [0.29, 0.717) is 27.6 Å². The van der Waals surface area contributed by atoms with Crippen LogP contribution in [0, 0.1) is 0 Å². The molecule has 0 saturated carbocycles. The van der Waals surface area contributed by atoms with Crippen LogP contribution in [0.15, 0.2) is 68.8 Å². The Bertz CT molecular complexity index is 1080. The predicted octanol–water partition coefficient (Wildman–Crippen LogP) is 4.08. The van der Waals surface area contributed by atoms with Crippen molar-refractivity contribution in [2.75, 3.05) is 0 Å². The fraction of sp³-hybridized carbons (Fsp3) is 0. The molecule has 0 saturated heterocycles. The Morgan fingerprint density at radius 2 is 1.92 bits per heavy atom. The minimum absolute atomic E-state index is 0.0239. The number of allylic oxidation sites excluding steroid dienone is 1. The van der Waals surface area contributed by atoms with Crippen molar-refractivity contribution in [2.45, 2.75) is 4.90 Å². The van der Waals surface area contributed by atoms with Gasteiger partial charge in [0.15, 0.2) is 0 Å². The number of hydrogen-bond acceptors (Lipinski definition) is 5. The van der Waals surface area contributed by atoms with Gasteiger partial charge in [0.1, 0.15) is 17.3 Å². The van der Waals surface area contributed by atoms with Crippen LogP contribution in [0.5, 0.6) is 5.75 Å². The number of hydrogen-bond donors (Lipinski definition) is 2. The molecule has 1 aromatic heterocycles. The van der Waals surface area contributed by atoms with E-state index in [0.717, 1.165) is 4.90 Å². The molecule has 3 N–H and O–H groups in total. The van der Waals surface area contributed by atoms with Crippen molar-refractivity contribution in [1.82, 2.24) is 0 Å². The highest BCUT2D eigenvalue weighted by Crippen LogP contribution is 2.41. The number of carbonyl (C=O) groups excluding carboxylic acids is 2. The lowest BCUT2D eigenvalue weighted by molar-refractivity contribution is 0.0996. The van der Waals surface area contributed by atoms with Crippen LogP contribution in [-0.2, 0) is 0 Å². The van der Waals surface area contributed by atoms with E-state index in [1.807, 2.05) is 18.2 Å². The number of fused-ring (bicyclic) bond motifs is 1. The molecule has 26 heavy (non-hydrogen) atoms. The van der Waals surface area contributed by atoms with Crippen molar-refractivity contribution in [1.29, 1.82) is 0 Å². The average molecular weight is 363 g/mol. The smallest absolute Gasteiger partial charge is 0.252 e. The Labute approximate surface area is 153 Å². The fourth-order valence-corrected chi connectivity index (χ4v) is 3.77. The molecule has 128 valence electrons. The third kappa shape index (κ3) is 2.80. The third-order valence-electron chi connectivity index (χ3n) is 4.02. The standard InChI is InChI=1S/C20H13NO4S/c21-20(24)14-9-11(5-7-15(14)22)16-8-6-12(25-16)10-18-19(23)13-3-1-2-4-17(13)26-18/h1-10,22H,(H2,21,24)/b18-10-. The molecule has 0 spiro atoms. The van der Waals surface area contributed by atoms with E-state index in [1.165, 1.54) is 23.9 Å². The van der Waals surface area contributed by atoms with Crippen molar-refractivity contribution in [2.24, 2.45) is 5.73 Å². The molecule has 6 heteroatoms. The molecule has 5 nitrogen and oxygen atoms in total. The van der Waals surface area contributed by atoms with E-state index in [4.69, 9.17) is 10.2 Å². The number of furan rings is 1. The predicted molar refractivity (Wildman–Crippen MR) is 98.9 cm³/mol. The van der Waals surface area contributed by atoms with E-state index < -0.39 is 5.91 Å². The molecule has 0 atom stereocenters. The number of nitrogens with two attached hydrogens (primary N) is 1. The average Bonchev–Trinajstić information content (AvgIpc) is 3.21. The zero-order valence-electron chi connectivity index (χ0n) is 13.4. The summed E-state index contributed by atoms with van der Waals surface area (Å²) in [5, 5.41) is 9.68. The maximum atomic E-state index is 12.4. The summed E-state index contributed by atoms with van der Waals surface area (Å²) in [7, 11) is 0. The molecule has 0 bridgehead atoms. The lowest BCUT2D eigenvalue weighted by Crippen LogP contribution is -2.11. The Kier molecular flexibility index (Phi) is 3.89. The van der Waals surface area contributed by atoms with Gasteiger partial charge in [-0.3, -0.25) is 9.59 Å². The first kappa shape index (κ1) is 16.2. The van der Waals surface area contributed by atoms with E-state index >= 15 is 0 Å². The van der Waals surface area contributed by atoms with E-state index in [1.54, 1.807) is 30.3 Å². The molecule has 1 aliphatic rings. The van der Waals surface area contributed by atoms with Gasteiger partial charge in [-0.2, -0.15) is 0 Å². The van der Waals surface area contributed by atoms with Gasteiger partial charge in [-0.05, 0) is 48.5 Å². The Morgan fingerprint density at radius 1 is 1.12 bits per heavy atom. The molecule has 1 aliphatic heterocycles. The van der Waals surface area contributed by atoms with Crippen LogP contribution in [0.4, 0.5) is 0 Å². The monoisotopic (exact) mass is 363 g/mol. The number of phenols is 1. The second-order valence-corrected chi connectivity index (χ2v) is 6.82. The van der Waals surface area contributed by atoms with Crippen LogP contribution >= 0.6 is 11.8 Å². The second-order valence-electron chi connectivity index (χ2n) is 5.73.